The first-order chi connectivity index (χ1) is 13.1. The SMILES string of the molecule is CCCCNC(=NCC(=O)N(C)C)NCCc1c[nH]c2cccc(OC)c12.I. The van der Waals surface area contributed by atoms with Crippen molar-refractivity contribution in [1.82, 2.24) is 20.5 Å². The molecule has 2 aromatic rings. The van der Waals surface area contributed by atoms with Gasteiger partial charge in [0.05, 0.1) is 7.11 Å². The number of carbonyl (C=O) groups excluding carboxylic acids is 1. The molecule has 1 aromatic heterocycles. The molecule has 8 heteroatoms. The molecule has 2 rings (SSSR count). The molecule has 0 unspecified atom stereocenters. The van der Waals surface area contributed by atoms with Crippen molar-refractivity contribution in [3.8, 4) is 5.75 Å². The summed E-state index contributed by atoms with van der Waals surface area (Å²) in [4.78, 5) is 21.0. The average Bonchev–Trinajstić information content (AvgIpc) is 3.08. The Morgan fingerprint density at radius 3 is 2.68 bits per heavy atom. The second-order valence-corrected chi connectivity index (χ2v) is 6.61. The number of nitrogens with zero attached hydrogens (tertiary/aromatic N) is 2. The number of methoxy groups -OCH3 is 1. The number of guanidine groups is 1. The summed E-state index contributed by atoms with van der Waals surface area (Å²) in [7, 11) is 5.16. The number of unbranched alkanes of at least 4 members (excludes halogenated alkanes) is 1. The van der Waals surface area contributed by atoms with Gasteiger partial charge in [-0.2, -0.15) is 0 Å². The van der Waals surface area contributed by atoms with Crippen molar-refractivity contribution in [2.75, 3.05) is 40.8 Å². The summed E-state index contributed by atoms with van der Waals surface area (Å²) in [5.74, 6) is 1.52. The van der Waals surface area contributed by atoms with Crippen LogP contribution in [0.3, 0.4) is 0 Å². The van der Waals surface area contributed by atoms with Crippen molar-refractivity contribution in [3.63, 3.8) is 0 Å². The normalized spacial score (nSPS) is 11.1. The second kappa shape index (κ2) is 12.5. The highest BCUT2D eigenvalue weighted by atomic mass is 127. The fraction of sp³-hybridized carbons (Fsp3) is 0.500. The van der Waals surface area contributed by atoms with E-state index in [1.165, 1.54) is 5.56 Å². The van der Waals surface area contributed by atoms with E-state index in [0.29, 0.717) is 12.5 Å². The third-order valence-electron chi connectivity index (χ3n) is 4.35. The van der Waals surface area contributed by atoms with Gasteiger partial charge in [-0.15, -0.1) is 24.0 Å². The van der Waals surface area contributed by atoms with Crippen LogP contribution in [0.25, 0.3) is 10.9 Å². The fourth-order valence-corrected chi connectivity index (χ4v) is 2.75. The van der Waals surface area contributed by atoms with E-state index >= 15 is 0 Å². The summed E-state index contributed by atoms with van der Waals surface area (Å²) in [5, 5.41) is 7.73. The van der Waals surface area contributed by atoms with Gasteiger partial charge in [-0.3, -0.25) is 4.79 Å². The molecule has 0 aliphatic carbocycles. The van der Waals surface area contributed by atoms with Gasteiger partial charge in [0.15, 0.2) is 5.96 Å². The smallest absolute Gasteiger partial charge is 0.243 e. The number of halogens is 1. The molecule has 1 amide bonds. The van der Waals surface area contributed by atoms with E-state index in [4.69, 9.17) is 4.74 Å². The molecule has 0 saturated heterocycles. The standard InChI is InChI=1S/C20H31N5O2.HI/c1-5-6-11-21-20(24-14-18(26)25(2)3)22-12-10-15-13-23-16-8-7-9-17(27-4)19(15)16;/h7-9,13,23H,5-6,10-12,14H2,1-4H3,(H2,21,22,24);1H. The number of benzene rings is 1. The van der Waals surface area contributed by atoms with Gasteiger partial charge in [0, 0.05) is 44.3 Å². The van der Waals surface area contributed by atoms with Crippen molar-refractivity contribution in [1.29, 1.82) is 0 Å². The third-order valence-corrected chi connectivity index (χ3v) is 4.35. The van der Waals surface area contributed by atoms with Crippen LogP contribution >= 0.6 is 24.0 Å². The lowest BCUT2D eigenvalue weighted by Crippen LogP contribution is -2.39. The number of ether oxygens (including phenoxy) is 1. The van der Waals surface area contributed by atoms with Gasteiger partial charge in [-0.05, 0) is 30.5 Å². The van der Waals surface area contributed by atoms with E-state index in [-0.39, 0.29) is 36.4 Å². The zero-order chi connectivity index (χ0) is 19.6. The number of aromatic amines is 1. The molecule has 0 fully saturated rings. The van der Waals surface area contributed by atoms with E-state index in [1.54, 1.807) is 26.1 Å². The van der Waals surface area contributed by atoms with Crippen molar-refractivity contribution in [2.24, 2.45) is 4.99 Å². The summed E-state index contributed by atoms with van der Waals surface area (Å²) in [6, 6.07) is 5.99. The third kappa shape index (κ3) is 6.88. The number of H-pyrrole nitrogens is 1. The highest BCUT2D eigenvalue weighted by Gasteiger charge is 2.09. The van der Waals surface area contributed by atoms with Crippen LogP contribution in [0.4, 0.5) is 0 Å². The van der Waals surface area contributed by atoms with Gasteiger partial charge in [0.2, 0.25) is 5.91 Å². The van der Waals surface area contributed by atoms with Gasteiger partial charge in [-0.25, -0.2) is 4.99 Å². The quantitative estimate of drug-likeness (QED) is 0.214. The highest BCUT2D eigenvalue weighted by Crippen LogP contribution is 2.28. The summed E-state index contributed by atoms with van der Waals surface area (Å²) in [6.45, 7) is 3.82. The Balaban J connectivity index is 0.00000392. The predicted octanol–water partition coefficient (Wildman–Crippen LogP) is 2.76. The lowest BCUT2D eigenvalue weighted by atomic mass is 10.1. The van der Waals surface area contributed by atoms with E-state index in [2.05, 4.69) is 27.5 Å². The molecule has 0 aliphatic heterocycles. The summed E-state index contributed by atoms with van der Waals surface area (Å²) in [5.41, 5.74) is 2.25. The van der Waals surface area contributed by atoms with Gasteiger partial charge >= 0.3 is 0 Å². The number of amides is 1. The van der Waals surface area contributed by atoms with Crippen molar-refractivity contribution in [2.45, 2.75) is 26.2 Å². The zero-order valence-corrected chi connectivity index (χ0v) is 19.5. The number of aliphatic imine (C=N–C) groups is 1. The first-order valence-corrected chi connectivity index (χ1v) is 9.42. The predicted molar refractivity (Wildman–Crippen MR) is 126 cm³/mol. The van der Waals surface area contributed by atoms with Gasteiger partial charge < -0.3 is 25.3 Å². The number of hydrogen-bond donors (Lipinski definition) is 3. The number of nitrogens with one attached hydrogen (secondary N) is 3. The first-order valence-electron chi connectivity index (χ1n) is 9.42. The number of fused-ring (bicyclic) bond motifs is 1. The van der Waals surface area contributed by atoms with E-state index in [9.17, 15) is 4.79 Å². The Bertz CT molecular complexity index is 773. The Morgan fingerprint density at radius 1 is 1.25 bits per heavy atom. The molecule has 1 heterocycles. The van der Waals surface area contributed by atoms with Crippen LogP contribution in [0.1, 0.15) is 25.3 Å². The monoisotopic (exact) mass is 501 g/mol. The summed E-state index contributed by atoms with van der Waals surface area (Å²) >= 11 is 0. The molecule has 7 nitrogen and oxygen atoms in total. The van der Waals surface area contributed by atoms with Crippen molar-refractivity contribution in [3.05, 3.63) is 30.0 Å². The number of carbonyl (C=O) groups is 1. The van der Waals surface area contributed by atoms with Crippen LogP contribution in [0.2, 0.25) is 0 Å². The highest BCUT2D eigenvalue weighted by molar-refractivity contribution is 14.0. The molecule has 0 bridgehead atoms. The Kier molecular flexibility index (Phi) is 10.7. The van der Waals surface area contributed by atoms with Crippen LogP contribution in [0.15, 0.2) is 29.4 Å². The van der Waals surface area contributed by atoms with Gasteiger partial charge in [0.1, 0.15) is 12.3 Å². The minimum atomic E-state index is -0.0204. The molecule has 156 valence electrons. The molecule has 3 N–H and O–H groups in total. The number of rotatable bonds is 9. The molecule has 0 saturated carbocycles. The molecule has 0 spiro atoms. The van der Waals surface area contributed by atoms with Crippen LogP contribution in [0.5, 0.6) is 5.75 Å². The maximum Gasteiger partial charge on any atom is 0.243 e. The number of likely N-dealkylation sites (N-methyl/N-ethyl adjacent to an activating group) is 1. The Morgan fingerprint density at radius 2 is 2.00 bits per heavy atom. The summed E-state index contributed by atoms with van der Waals surface area (Å²) in [6.07, 6.45) is 5.00. The Labute approximate surface area is 184 Å². The van der Waals surface area contributed by atoms with E-state index in [0.717, 1.165) is 42.5 Å². The largest absolute Gasteiger partial charge is 0.496 e. The first kappa shape index (κ1) is 24.1. The topological polar surface area (TPSA) is 81.8 Å². The average molecular weight is 501 g/mol. The minimum absolute atomic E-state index is 0. The molecule has 0 aliphatic rings. The molecule has 28 heavy (non-hydrogen) atoms. The Hall–Kier alpha value is -1.97. The van der Waals surface area contributed by atoms with Crippen molar-refractivity contribution < 1.29 is 9.53 Å². The molecule has 1 aromatic carbocycles. The second-order valence-electron chi connectivity index (χ2n) is 6.61. The van der Waals surface area contributed by atoms with Crippen LogP contribution in [0, 0.1) is 0 Å². The zero-order valence-electron chi connectivity index (χ0n) is 17.2. The lowest BCUT2D eigenvalue weighted by Gasteiger charge is -2.13. The molecule has 0 atom stereocenters. The maximum absolute atomic E-state index is 11.8. The van der Waals surface area contributed by atoms with Crippen LogP contribution in [-0.2, 0) is 11.2 Å². The maximum atomic E-state index is 11.8. The fourth-order valence-electron chi connectivity index (χ4n) is 2.75. The van der Waals surface area contributed by atoms with Crippen LogP contribution in [-0.4, -0.2) is 62.6 Å². The molecule has 0 radical (unpaired) electrons. The van der Waals surface area contributed by atoms with Gasteiger partial charge in [0.25, 0.3) is 0 Å². The van der Waals surface area contributed by atoms with Gasteiger partial charge in [-0.1, -0.05) is 19.4 Å². The minimum Gasteiger partial charge on any atom is -0.496 e. The summed E-state index contributed by atoms with van der Waals surface area (Å²) < 4.78 is 5.49. The number of aromatic nitrogens is 1. The van der Waals surface area contributed by atoms with E-state index < -0.39 is 0 Å². The lowest BCUT2D eigenvalue weighted by molar-refractivity contribution is -0.127. The van der Waals surface area contributed by atoms with E-state index in [1.807, 2.05) is 24.4 Å². The number of hydrogen-bond acceptors (Lipinski definition) is 3. The molecular formula is C20H32IN5O2. The van der Waals surface area contributed by atoms with Crippen LogP contribution < -0.4 is 15.4 Å². The molecular weight excluding hydrogens is 469 g/mol. The van der Waals surface area contributed by atoms with Crippen molar-refractivity contribution >= 4 is 46.7 Å².